The second-order valence-electron chi connectivity index (χ2n) is 5.35. The highest BCUT2D eigenvalue weighted by atomic mass is 16.2. The van der Waals surface area contributed by atoms with E-state index in [9.17, 15) is 4.79 Å². The van der Waals surface area contributed by atoms with Crippen LogP contribution in [0, 0.1) is 5.92 Å². The third kappa shape index (κ3) is 2.92. The van der Waals surface area contributed by atoms with E-state index in [0.717, 1.165) is 13.0 Å². The topological polar surface area (TPSA) is 20.3 Å². The average Bonchev–Trinajstić information content (AvgIpc) is 2.78. The van der Waals surface area contributed by atoms with Gasteiger partial charge in [-0.2, -0.15) is 0 Å². The van der Waals surface area contributed by atoms with Crippen molar-refractivity contribution < 1.29 is 4.79 Å². The van der Waals surface area contributed by atoms with Crippen LogP contribution in [-0.2, 0) is 4.79 Å². The fourth-order valence-corrected chi connectivity index (χ4v) is 2.78. The summed E-state index contributed by atoms with van der Waals surface area (Å²) in [5.74, 6) is 0.899. The average molecular weight is 245 g/mol. The van der Waals surface area contributed by atoms with Crippen molar-refractivity contribution in [3.05, 3.63) is 35.9 Å². The smallest absolute Gasteiger partial charge is 0.223 e. The van der Waals surface area contributed by atoms with Gasteiger partial charge in [0.1, 0.15) is 0 Å². The standard InChI is InChI=1S/C16H23NO/c1-3-4-8-14-11-16(18)17(12-14)13(2)15-9-6-5-7-10-15/h5-7,9-10,13-14H,3-4,8,11-12H2,1-2H3/t13-,14+/m1/s1. The molecule has 18 heavy (non-hydrogen) atoms. The van der Waals surface area contributed by atoms with Gasteiger partial charge < -0.3 is 4.90 Å². The highest BCUT2D eigenvalue weighted by Gasteiger charge is 2.32. The van der Waals surface area contributed by atoms with E-state index in [0.29, 0.717) is 11.8 Å². The van der Waals surface area contributed by atoms with E-state index < -0.39 is 0 Å². The molecular weight excluding hydrogens is 222 g/mol. The van der Waals surface area contributed by atoms with Crippen LogP contribution in [0.15, 0.2) is 30.3 Å². The van der Waals surface area contributed by atoms with Gasteiger partial charge in [0.05, 0.1) is 6.04 Å². The van der Waals surface area contributed by atoms with E-state index in [1.165, 1.54) is 24.8 Å². The molecule has 0 bridgehead atoms. The van der Waals surface area contributed by atoms with Crippen molar-refractivity contribution >= 4 is 5.91 Å². The molecule has 2 nitrogen and oxygen atoms in total. The van der Waals surface area contributed by atoms with Crippen LogP contribution in [0.3, 0.4) is 0 Å². The Morgan fingerprint density at radius 3 is 2.72 bits per heavy atom. The molecule has 2 heteroatoms. The first-order valence-corrected chi connectivity index (χ1v) is 7.06. The third-order valence-electron chi connectivity index (χ3n) is 3.95. The molecular formula is C16H23NO. The quantitative estimate of drug-likeness (QED) is 0.773. The van der Waals surface area contributed by atoms with Gasteiger partial charge in [0.25, 0.3) is 0 Å². The Labute approximate surface area is 110 Å². The first-order chi connectivity index (χ1) is 8.72. The number of rotatable bonds is 5. The van der Waals surface area contributed by atoms with Crippen molar-refractivity contribution in [2.75, 3.05) is 6.54 Å². The molecule has 0 aliphatic carbocycles. The van der Waals surface area contributed by atoms with E-state index in [1.807, 2.05) is 18.2 Å². The summed E-state index contributed by atoms with van der Waals surface area (Å²) in [6, 6.07) is 10.5. The van der Waals surface area contributed by atoms with Gasteiger partial charge in [0, 0.05) is 13.0 Å². The number of carbonyl (C=O) groups excluding carboxylic acids is 1. The molecule has 1 aromatic rings. The molecule has 0 saturated carbocycles. The maximum Gasteiger partial charge on any atom is 0.223 e. The monoisotopic (exact) mass is 245 g/mol. The number of hydrogen-bond donors (Lipinski definition) is 0. The van der Waals surface area contributed by atoms with Crippen LogP contribution in [0.5, 0.6) is 0 Å². The number of benzene rings is 1. The lowest BCUT2D eigenvalue weighted by atomic mass is 10.0. The number of amides is 1. The summed E-state index contributed by atoms with van der Waals surface area (Å²) in [5.41, 5.74) is 1.24. The van der Waals surface area contributed by atoms with Crippen LogP contribution in [0.4, 0.5) is 0 Å². The number of hydrogen-bond acceptors (Lipinski definition) is 1. The maximum absolute atomic E-state index is 12.1. The SMILES string of the molecule is CCCC[C@H]1CC(=O)N([C@H](C)c2ccccc2)C1. The maximum atomic E-state index is 12.1. The first-order valence-electron chi connectivity index (χ1n) is 7.06. The Kier molecular flexibility index (Phi) is 4.40. The van der Waals surface area contributed by atoms with Gasteiger partial charge in [-0.05, 0) is 24.8 Å². The van der Waals surface area contributed by atoms with Crippen molar-refractivity contribution in [1.29, 1.82) is 0 Å². The largest absolute Gasteiger partial charge is 0.336 e. The van der Waals surface area contributed by atoms with Crippen molar-refractivity contribution in [2.24, 2.45) is 5.92 Å². The van der Waals surface area contributed by atoms with Crippen LogP contribution >= 0.6 is 0 Å². The van der Waals surface area contributed by atoms with E-state index in [1.54, 1.807) is 0 Å². The molecule has 1 amide bonds. The molecule has 0 unspecified atom stereocenters. The van der Waals surface area contributed by atoms with Crippen LogP contribution in [-0.4, -0.2) is 17.4 Å². The molecule has 1 aliphatic heterocycles. The van der Waals surface area contributed by atoms with E-state index in [-0.39, 0.29) is 6.04 Å². The lowest BCUT2D eigenvalue weighted by molar-refractivity contribution is -0.129. The molecule has 0 N–H and O–H groups in total. The molecule has 2 atom stereocenters. The Balaban J connectivity index is 1.99. The number of likely N-dealkylation sites (tertiary alicyclic amines) is 1. The van der Waals surface area contributed by atoms with E-state index in [4.69, 9.17) is 0 Å². The molecule has 2 rings (SSSR count). The molecule has 0 spiro atoms. The summed E-state index contributed by atoms with van der Waals surface area (Å²) in [6.45, 7) is 5.28. The van der Waals surface area contributed by atoms with Gasteiger partial charge >= 0.3 is 0 Å². The van der Waals surface area contributed by atoms with Crippen LogP contribution in [0.1, 0.15) is 51.1 Å². The molecule has 0 aromatic heterocycles. The zero-order valence-corrected chi connectivity index (χ0v) is 11.4. The predicted molar refractivity (Wildman–Crippen MR) is 74.2 cm³/mol. The van der Waals surface area contributed by atoms with Crippen molar-refractivity contribution in [1.82, 2.24) is 4.90 Å². The number of unbranched alkanes of at least 4 members (excludes halogenated alkanes) is 1. The molecule has 1 fully saturated rings. The van der Waals surface area contributed by atoms with Crippen molar-refractivity contribution in [3.63, 3.8) is 0 Å². The van der Waals surface area contributed by atoms with Crippen molar-refractivity contribution in [2.45, 2.75) is 45.6 Å². The summed E-state index contributed by atoms with van der Waals surface area (Å²) in [6.07, 6.45) is 4.40. The van der Waals surface area contributed by atoms with Gasteiger partial charge in [0.15, 0.2) is 0 Å². The van der Waals surface area contributed by atoms with E-state index in [2.05, 4.69) is 30.9 Å². The minimum Gasteiger partial charge on any atom is -0.336 e. The summed E-state index contributed by atoms with van der Waals surface area (Å²) in [5, 5.41) is 0. The highest BCUT2D eigenvalue weighted by molar-refractivity contribution is 5.79. The Morgan fingerprint density at radius 1 is 1.33 bits per heavy atom. The fourth-order valence-electron chi connectivity index (χ4n) is 2.78. The Bertz CT molecular complexity index is 387. The number of carbonyl (C=O) groups is 1. The molecule has 1 aliphatic rings. The molecule has 0 radical (unpaired) electrons. The molecule has 1 saturated heterocycles. The minimum atomic E-state index is 0.213. The zero-order chi connectivity index (χ0) is 13.0. The second kappa shape index (κ2) is 6.03. The van der Waals surface area contributed by atoms with Crippen molar-refractivity contribution in [3.8, 4) is 0 Å². The minimum absolute atomic E-state index is 0.213. The normalized spacial score (nSPS) is 21.3. The summed E-state index contributed by atoms with van der Waals surface area (Å²) >= 11 is 0. The molecule has 1 heterocycles. The van der Waals surface area contributed by atoms with E-state index >= 15 is 0 Å². The first kappa shape index (κ1) is 13.1. The summed E-state index contributed by atoms with van der Waals surface area (Å²) in [7, 11) is 0. The Morgan fingerprint density at radius 2 is 2.06 bits per heavy atom. The number of nitrogens with zero attached hydrogens (tertiary/aromatic N) is 1. The lowest BCUT2D eigenvalue weighted by Crippen LogP contribution is -2.28. The predicted octanol–water partition coefficient (Wildman–Crippen LogP) is 3.79. The van der Waals surface area contributed by atoms with Crippen LogP contribution in [0.2, 0.25) is 0 Å². The van der Waals surface area contributed by atoms with Crippen LogP contribution < -0.4 is 0 Å². The molecule has 1 aromatic carbocycles. The summed E-state index contributed by atoms with van der Waals surface area (Å²) < 4.78 is 0. The van der Waals surface area contributed by atoms with Crippen LogP contribution in [0.25, 0.3) is 0 Å². The van der Waals surface area contributed by atoms with Gasteiger partial charge in [-0.15, -0.1) is 0 Å². The Hall–Kier alpha value is -1.31. The zero-order valence-electron chi connectivity index (χ0n) is 11.4. The van der Waals surface area contributed by atoms with Gasteiger partial charge in [-0.3, -0.25) is 4.79 Å². The van der Waals surface area contributed by atoms with Gasteiger partial charge in [0.2, 0.25) is 5.91 Å². The fraction of sp³-hybridized carbons (Fsp3) is 0.562. The summed E-state index contributed by atoms with van der Waals surface area (Å²) in [4.78, 5) is 14.1. The second-order valence-corrected chi connectivity index (χ2v) is 5.35. The van der Waals surface area contributed by atoms with Gasteiger partial charge in [-0.1, -0.05) is 50.1 Å². The highest BCUT2D eigenvalue weighted by Crippen LogP contribution is 2.30. The lowest BCUT2D eigenvalue weighted by Gasteiger charge is -2.25. The third-order valence-corrected chi connectivity index (χ3v) is 3.95. The van der Waals surface area contributed by atoms with Gasteiger partial charge in [-0.25, -0.2) is 0 Å². The molecule has 98 valence electrons.